The first-order valence-electron chi connectivity index (χ1n) is 6.58. The lowest BCUT2D eigenvalue weighted by Gasteiger charge is -2.07. The van der Waals surface area contributed by atoms with E-state index in [1.54, 1.807) is 30.3 Å². The Labute approximate surface area is 130 Å². The van der Waals surface area contributed by atoms with Gasteiger partial charge in [0, 0.05) is 6.26 Å². The predicted molar refractivity (Wildman–Crippen MR) is 85.6 cm³/mol. The average molecular weight is 313 g/mol. The molecule has 0 unspecified atom stereocenters. The number of benzene rings is 2. The summed E-state index contributed by atoms with van der Waals surface area (Å²) in [6.45, 7) is 0.422. The molecule has 4 nitrogen and oxygen atoms in total. The van der Waals surface area contributed by atoms with Gasteiger partial charge in [-0.25, -0.2) is 8.42 Å². The van der Waals surface area contributed by atoms with E-state index in [0.717, 1.165) is 11.8 Å². The van der Waals surface area contributed by atoms with E-state index in [1.807, 2.05) is 30.3 Å². The Hall–Kier alpha value is -2.58. The van der Waals surface area contributed by atoms with Gasteiger partial charge in [-0.1, -0.05) is 42.5 Å². The van der Waals surface area contributed by atoms with E-state index in [9.17, 15) is 8.42 Å². The molecule has 5 heteroatoms. The van der Waals surface area contributed by atoms with E-state index in [1.165, 1.54) is 6.08 Å². The maximum Gasteiger partial charge on any atom is 0.185 e. The third kappa shape index (κ3) is 4.47. The molecule has 0 fully saturated rings. The summed E-state index contributed by atoms with van der Waals surface area (Å²) in [5.74, 6) is 0.614. The van der Waals surface area contributed by atoms with Gasteiger partial charge in [0.1, 0.15) is 23.3 Å². The molecule has 0 saturated carbocycles. The van der Waals surface area contributed by atoms with Crippen molar-refractivity contribution in [3.05, 3.63) is 70.6 Å². The van der Waals surface area contributed by atoms with Crippen LogP contribution in [0.2, 0.25) is 0 Å². The number of rotatable bonds is 5. The highest BCUT2D eigenvalue weighted by molar-refractivity contribution is 7.95. The SMILES string of the molecule is CS(=O)(=O)/C(C#N)=C/c1cccc(OCc2ccccc2)c1. The molecule has 0 amide bonds. The second-order valence-corrected chi connectivity index (χ2v) is 6.72. The van der Waals surface area contributed by atoms with Crippen LogP contribution in [0.4, 0.5) is 0 Å². The van der Waals surface area contributed by atoms with Crippen molar-refractivity contribution < 1.29 is 13.2 Å². The first-order valence-corrected chi connectivity index (χ1v) is 8.47. The summed E-state index contributed by atoms with van der Waals surface area (Å²) in [5.41, 5.74) is 1.64. The molecule has 0 aliphatic rings. The van der Waals surface area contributed by atoms with Gasteiger partial charge in [-0.3, -0.25) is 0 Å². The van der Waals surface area contributed by atoms with Crippen LogP contribution in [0, 0.1) is 11.3 Å². The molecule has 0 bridgehead atoms. The zero-order chi connectivity index (χ0) is 16.0. The van der Waals surface area contributed by atoms with Gasteiger partial charge in [0.25, 0.3) is 0 Å². The number of allylic oxidation sites excluding steroid dienone is 1. The Morgan fingerprint density at radius 1 is 1.18 bits per heavy atom. The maximum absolute atomic E-state index is 11.4. The Bertz CT molecular complexity index is 818. The standard InChI is InChI=1S/C17H15NO3S/c1-22(19,20)17(12-18)11-15-8-5-9-16(10-15)21-13-14-6-3-2-4-7-14/h2-11H,13H2,1H3/b17-11+. The van der Waals surface area contributed by atoms with Crippen molar-refractivity contribution in [2.24, 2.45) is 0 Å². The summed E-state index contributed by atoms with van der Waals surface area (Å²) in [6.07, 6.45) is 2.35. The minimum Gasteiger partial charge on any atom is -0.489 e. The molecule has 0 radical (unpaired) electrons. The highest BCUT2D eigenvalue weighted by atomic mass is 32.2. The van der Waals surface area contributed by atoms with Gasteiger partial charge < -0.3 is 4.74 Å². The Morgan fingerprint density at radius 3 is 2.55 bits per heavy atom. The van der Waals surface area contributed by atoms with Crippen molar-refractivity contribution in [1.29, 1.82) is 5.26 Å². The third-order valence-electron chi connectivity index (χ3n) is 2.91. The highest BCUT2D eigenvalue weighted by Crippen LogP contribution is 2.18. The highest BCUT2D eigenvalue weighted by Gasteiger charge is 2.10. The normalized spacial score (nSPS) is 11.7. The van der Waals surface area contributed by atoms with Crippen molar-refractivity contribution in [1.82, 2.24) is 0 Å². The molecule has 0 spiro atoms. The van der Waals surface area contributed by atoms with Crippen LogP contribution in [0.15, 0.2) is 59.5 Å². The van der Waals surface area contributed by atoms with Crippen LogP contribution >= 0.6 is 0 Å². The zero-order valence-electron chi connectivity index (χ0n) is 12.1. The second kappa shape index (κ2) is 6.92. The quantitative estimate of drug-likeness (QED) is 0.795. The van der Waals surface area contributed by atoms with Gasteiger partial charge >= 0.3 is 0 Å². The molecule has 0 saturated heterocycles. The van der Waals surface area contributed by atoms with Crippen LogP contribution in [-0.2, 0) is 16.4 Å². The fraction of sp³-hybridized carbons (Fsp3) is 0.118. The number of ether oxygens (including phenoxy) is 1. The Kier molecular flexibility index (Phi) is 4.97. The van der Waals surface area contributed by atoms with Gasteiger partial charge in [-0.15, -0.1) is 0 Å². The smallest absolute Gasteiger partial charge is 0.185 e. The largest absolute Gasteiger partial charge is 0.489 e. The molecule has 0 aliphatic heterocycles. The number of hydrogen-bond acceptors (Lipinski definition) is 4. The van der Waals surface area contributed by atoms with Crippen molar-refractivity contribution in [2.45, 2.75) is 6.61 Å². The van der Waals surface area contributed by atoms with E-state index in [4.69, 9.17) is 10.00 Å². The summed E-state index contributed by atoms with van der Waals surface area (Å²) in [4.78, 5) is -0.271. The lowest BCUT2D eigenvalue weighted by Crippen LogP contribution is -1.98. The summed E-state index contributed by atoms with van der Waals surface area (Å²) < 4.78 is 28.6. The van der Waals surface area contributed by atoms with Crippen LogP contribution < -0.4 is 4.74 Å². The van der Waals surface area contributed by atoms with Crippen LogP contribution in [0.5, 0.6) is 5.75 Å². The monoisotopic (exact) mass is 313 g/mol. The molecular weight excluding hydrogens is 298 g/mol. The minimum absolute atomic E-state index is 0.271. The fourth-order valence-electron chi connectivity index (χ4n) is 1.81. The molecule has 0 aliphatic carbocycles. The number of hydrogen-bond donors (Lipinski definition) is 0. The number of sulfone groups is 1. The molecule has 0 atom stereocenters. The Balaban J connectivity index is 2.17. The summed E-state index contributed by atoms with van der Waals surface area (Å²) in [7, 11) is -3.52. The van der Waals surface area contributed by atoms with E-state index in [0.29, 0.717) is 17.9 Å². The van der Waals surface area contributed by atoms with Gasteiger partial charge in [-0.2, -0.15) is 5.26 Å². The van der Waals surface area contributed by atoms with E-state index >= 15 is 0 Å². The zero-order valence-corrected chi connectivity index (χ0v) is 12.9. The molecule has 2 aromatic rings. The number of nitrogens with zero attached hydrogens (tertiary/aromatic N) is 1. The molecule has 0 aromatic heterocycles. The van der Waals surface area contributed by atoms with Crippen molar-refractivity contribution in [3.63, 3.8) is 0 Å². The van der Waals surface area contributed by atoms with Crippen molar-refractivity contribution >= 4 is 15.9 Å². The van der Waals surface area contributed by atoms with E-state index < -0.39 is 9.84 Å². The summed E-state index contributed by atoms with van der Waals surface area (Å²) >= 11 is 0. The third-order valence-corrected chi connectivity index (χ3v) is 3.92. The average Bonchev–Trinajstić information content (AvgIpc) is 2.51. The first-order chi connectivity index (χ1) is 10.5. The van der Waals surface area contributed by atoms with Crippen LogP contribution in [0.1, 0.15) is 11.1 Å². The van der Waals surface area contributed by atoms with Crippen molar-refractivity contribution in [2.75, 3.05) is 6.26 Å². The molecule has 0 heterocycles. The molecule has 22 heavy (non-hydrogen) atoms. The Morgan fingerprint density at radius 2 is 1.91 bits per heavy atom. The van der Waals surface area contributed by atoms with Gasteiger partial charge in [0.05, 0.1) is 0 Å². The van der Waals surface area contributed by atoms with E-state index in [-0.39, 0.29) is 4.91 Å². The number of nitriles is 1. The molecule has 112 valence electrons. The predicted octanol–water partition coefficient (Wildman–Crippen LogP) is 3.17. The second-order valence-electron chi connectivity index (χ2n) is 4.74. The lowest BCUT2D eigenvalue weighted by atomic mass is 10.2. The van der Waals surface area contributed by atoms with Gasteiger partial charge in [-0.05, 0) is 29.3 Å². The maximum atomic E-state index is 11.4. The van der Waals surface area contributed by atoms with Crippen LogP contribution in [-0.4, -0.2) is 14.7 Å². The summed E-state index contributed by atoms with van der Waals surface area (Å²) in [5, 5.41) is 8.92. The molecule has 0 N–H and O–H groups in total. The molecule has 2 rings (SSSR count). The van der Waals surface area contributed by atoms with Crippen LogP contribution in [0.3, 0.4) is 0 Å². The van der Waals surface area contributed by atoms with E-state index in [2.05, 4.69) is 0 Å². The van der Waals surface area contributed by atoms with Crippen molar-refractivity contribution in [3.8, 4) is 11.8 Å². The van der Waals surface area contributed by atoms with Gasteiger partial charge in [0.2, 0.25) is 0 Å². The summed E-state index contributed by atoms with van der Waals surface area (Å²) in [6, 6.07) is 18.4. The molecular formula is C17H15NO3S. The lowest BCUT2D eigenvalue weighted by molar-refractivity contribution is 0.306. The first kappa shape index (κ1) is 15.8. The molecule has 2 aromatic carbocycles. The van der Waals surface area contributed by atoms with Gasteiger partial charge in [0.15, 0.2) is 9.84 Å². The fourth-order valence-corrected chi connectivity index (χ4v) is 2.32. The minimum atomic E-state index is -3.52. The van der Waals surface area contributed by atoms with Crippen LogP contribution in [0.25, 0.3) is 6.08 Å². The topological polar surface area (TPSA) is 67.2 Å².